The topological polar surface area (TPSA) is 59.0 Å². The highest BCUT2D eigenvalue weighted by molar-refractivity contribution is 5.66. The Labute approximate surface area is 177 Å². The number of benzene rings is 3. The normalized spacial score (nSPS) is 10.8. The van der Waals surface area contributed by atoms with Crippen LogP contribution in [-0.4, -0.2) is 29.6 Å². The SMILES string of the molecule is COc1ccc(Oc2cccc(CN(CCC(=O)O)Cc3cccc(C)c3)c2)cc1. The molecule has 3 rings (SSSR count). The Morgan fingerprint density at radius 3 is 2.13 bits per heavy atom. The van der Waals surface area contributed by atoms with Crippen LogP contribution < -0.4 is 9.47 Å². The molecule has 0 saturated carbocycles. The summed E-state index contributed by atoms with van der Waals surface area (Å²) in [6.07, 6.45) is 0.105. The lowest BCUT2D eigenvalue weighted by molar-refractivity contribution is -0.137. The van der Waals surface area contributed by atoms with Crippen LogP contribution in [0.15, 0.2) is 72.8 Å². The monoisotopic (exact) mass is 405 g/mol. The summed E-state index contributed by atoms with van der Waals surface area (Å²) in [4.78, 5) is 13.3. The highest BCUT2D eigenvalue weighted by Crippen LogP contribution is 2.25. The van der Waals surface area contributed by atoms with Crippen LogP contribution in [0.25, 0.3) is 0 Å². The van der Waals surface area contributed by atoms with Gasteiger partial charge in [-0.3, -0.25) is 9.69 Å². The summed E-state index contributed by atoms with van der Waals surface area (Å²) in [6.45, 7) is 3.87. The number of nitrogens with zero attached hydrogens (tertiary/aromatic N) is 1. The van der Waals surface area contributed by atoms with E-state index in [9.17, 15) is 4.79 Å². The van der Waals surface area contributed by atoms with Gasteiger partial charge in [0.25, 0.3) is 0 Å². The molecule has 0 aliphatic rings. The molecule has 5 nitrogen and oxygen atoms in total. The van der Waals surface area contributed by atoms with Gasteiger partial charge in [-0.1, -0.05) is 42.0 Å². The summed E-state index contributed by atoms with van der Waals surface area (Å²) < 4.78 is 11.1. The third kappa shape index (κ3) is 6.64. The van der Waals surface area contributed by atoms with E-state index in [0.717, 1.165) is 22.8 Å². The first-order valence-corrected chi connectivity index (χ1v) is 9.92. The quantitative estimate of drug-likeness (QED) is 0.498. The standard InChI is InChI=1S/C25H27NO4/c1-19-5-3-6-20(15-19)17-26(14-13-25(27)28)18-21-7-4-8-24(16-21)30-23-11-9-22(29-2)10-12-23/h3-12,15-16H,13-14,17-18H2,1-2H3,(H,27,28). The van der Waals surface area contributed by atoms with Gasteiger partial charge in [0.05, 0.1) is 13.5 Å². The number of methoxy groups -OCH3 is 1. The third-order valence-electron chi connectivity index (χ3n) is 4.73. The number of carboxylic acid groups (broad SMARTS) is 1. The second kappa shape index (κ2) is 10.5. The summed E-state index contributed by atoms with van der Waals surface area (Å²) in [6, 6.07) is 23.6. The zero-order valence-corrected chi connectivity index (χ0v) is 17.4. The summed E-state index contributed by atoms with van der Waals surface area (Å²) in [5.41, 5.74) is 3.44. The smallest absolute Gasteiger partial charge is 0.304 e. The predicted octanol–water partition coefficient (Wildman–Crippen LogP) is 5.27. The lowest BCUT2D eigenvalue weighted by Crippen LogP contribution is -2.25. The van der Waals surface area contributed by atoms with Gasteiger partial charge in [-0.05, 0) is 54.4 Å². The molecule has 0 unspecified atom stereocenters. The molecule has 0 aliphatic carbocycles. The van der Waals surface area contributed by atoms with Crippen LogP contribution in [0.3, 0.4) is 0 Å². The van der Waals surface area contributed by atoms with E-state index < -0.39 is 5.97 Å². The Morgan fingerprint density at radius 1 is 0.867 bits per heavy atom. The summed E-state index contributed by atoms with van der Waals surface area (Å²) in [7, 11) is 1.63. The van der Waals surface area contributed by atoms with Crippen molar-refractivity contribution in [3.05, 3.63) is 89.5 Å². The van der Waals surface area contributed by atoms with Crippen LogP contribution in [0, 0.1) is 6.92 Å². The van der Waals surface area contributed by atoms with Crippen molar-refractivity contribution in [3.8, 4) is 17.2 Å². The maximum absolute atomic E-state index is 11.1. The second-order valence-electron chi connectivity index (χ2n) is 7.27. The minimum Gasteiger partial charge on any atom is -0.497 e. The molecule has 0 radical (unpaired) electrons. The fraction of sp³-hybridized carbons (Fsp3) is 0.240. The lowest BCUT2D eigenvalue weighted by atomic mass is 10.1. The van der Waals surface area contributed by atoms with Crippen LogP contribution in [0.2, 0.25) is 0 Å². The van der Waals surface area contributed by atoms with Crippen LogP contribution >= 0.6 is 0 Å². The molecule has 156 valence electrons. The van der Waals surface area contributed by atoms with E-state index in [-0.39, 0.29) is 6.42 Å². The van der Waals surface area contributed by atoms with E-state index in [1.165, 1.54) is 11.1 Å². The lowest BCUT2D eigenvalue weighted by Gasteiger charge is -2.22. The molecular weight excluding hydrogens is 378 g/mol. The minimum atomic E-state index is -0.791. The predicted molar refractivity (Wildman–Crippen MR) is 117 cm³/mol. The van der Waals surface area contributed by atoms with Gasteiger partial charge in [0.2, 0.25) is 0 Å². The van der Waals surface area contributed by atoms with Crippen LogP contribution in [0.5, 0.6) is 17.2 Å². The Balaban J connectivity index is 1.71. The van der Waals surface area contributed by atoms with Gasteiger partial charge >= 0.3 is 5.97 Å². The molecule has 0 bridgehead atoms. The van der Waals surface area contributed by atoms with Crippen molar-refractivity contribution in [1.29, 1.82) is 0 Å². The van der Waals surface area contributed by atoms with Crippen molar-refractivity contribution in [2.45, 2.75) is 26.4 Å². The Bertz CT molecular complexity index is 969. The van der Waals surface area contributed by atoms with Crippen molar-refractivity contribution in [2.24, 2.45) is 0 Å². The molecule has 0 amide bonds. The summed E-state index contributed by atoms with van der Waals surface area (Å²) in [5, 5.41) is 9.13. The van der Waals surface area contributed by atoms with Gasteiger partial charge in [0.15, 0.2) is 0 Å². The number of carbonyl (C=O) groups is 1. The fourth-order valence-corrected chi connectivity index (χ4v) is 3.28. The molecule has 0 aliphatic heterocycles. The molecule has 0 aromatic heterocycles. The van der Waals surface area contributed by atoms with E-state index in [1.54, 1.807) is 7.11 Å². The van der Waals surface area contributed by atoms with E-state index in [1.807, 2.05) is 54.6 Å². The highest BCUT2D eigenvalue weighted by Gasteiger charge is 2.11. The molecular formula is C25H27NO4. The van der Waals surface area contributed by atoms with Gasteiger partial charge in [-0.2, -0.15) is 0 Å². The largest absolute Gasteiger partial charge is 0.497 e. The minimum absolute atomic E-state index is 0.105. The van der Waals surface area contributed by atoms with Crippen molar-refractivity contribution >= 4 is 5.97 Å². The van der Waals surface area contributed by atoms with E-state index >= 15 is 0 Å². The first-order chi connectivity index (χ1) is 14.5. The first-order valence-electron chi connectivity index (χ1n) is 9.92. The van der Waals surface area contributed by atoms with Gasteiger partial charge in [-0.15, -0.1) is 0 Å². The number of carboxylic acids is 1. The molecule has 5 heteroatoms. The van der Waals surface area contributed by atoms with Gasteiger partial charge < -0.3 is 14.6 Å². The number of ether oxygens (including phenoxy) is 2. The summed E-state index contributed by atoms with van der Waals surface area (Å²) in [5.74, 6) is 1.46. The molecule has 30 heavy (non-hydrogen) atoms. The number of aryl methyl sites for hydroxylation is 1. The molecule has 0 saturated heterocycles. The van der Waals surface area contributed by atoms with E-state index in [2.05, 4.69) is 30.0 Å². The maximum atomic E-state index is 11.1. The van der Waals surface area contributed by atoms with Crippen molar-refractivity contribution in [2.75, 3.05) is 13.7 Å². The summed E-state index contributed by atoms with van der Waals surface area (Å²) >= 11 is 0. The molecule has 0 spiro atoms. The third-order valence-corrected chi connectivity index (χ3v) is 4.73. The molecule has 1 N–H and O–H groups in total. The van der Waals surface area contributed by atoms with E-state index in [0.29, 0.717) is 19.6 Å². The first kappa shape index (κ1) is 21.4. The van der Waals surface area contributed by atoms with Crippen LogP contribution in [0.4, 0.5) is 0 Å². The molecule has 0 atom stereocenters. The molecule has 3 aromatic carbocycles. The van der Waals surface area contributed by atoms with E-state index in [4.69, 9.17) is 14.6 Å². The van der Waals surface area contributed by atoms with Gasteiger partial charge in [-0.25, -0.2) is 0 Å². The fourth-order valence-electron chi connectivity index (χ4n) is 3.28. The number of hydrogen-bond donors (Lipinski definition) is 1. The van der Waals surface area contributed by atoms with Crippen molar-refractivity contribution < 1.29 is 19.4 Å². The Morgan fingerprint density at radius 2 is 1.50 bits per heavy atom. The average molecular weight is 405 g/mol. The number of aliphatic carboxylic acids is 1. The maximum Gasteiger partial charge on any atom is 0.304 e. The highest BCUT2D eigenvalue weighted by atomic mass is 16.5. The Kier molecular flexibility index (Phi) is 7.46. The van der Waals surface area contributed by atoms with Crippen LogP contribution in [0.1, 0.15) is 23.1 Å². The zero-order chi connectivity index (χ0) is 21.3. The van der Waals surface area contributed by atoms with Crippen molar-refractivity contribution in [3.63, 3.8) is 0 Å². The zero-order valence-electron chi connectivity index (χ0n) is 17.4. The molecule has 0 fully saturated rings. The van der Waals surface area contributed by atoms with Crippen LogP contribution in [-0.2, 0) is 17.9 Å². The van der Waals surface area contributed by atoms with Gasteiger partial charge in [0, 0.05) is 19.6 Å². The second-order valence-corrected chi connectivity index (χ2v) is 7.27. The number of rotatable bonds is 10. The molecule has 0 heterocycles. The average Bonchev–Trinajstić information content (AvgIpc) is 2.73. The molecule has 3 aromatic rings. The number of hydrogen-bond acceptors (Lipinski definition) is 4. The van der Waals surface area contributed by atoms with Gasteiger partial charge in [0.1, 0.15) is 17.2 Å². The van der Waals surface area contributed by atoms with Crippen molar-refractivity contribution in [1.82, 2.24) is 4.90 Å². The Hall–Kier alpha value is -3.31.